The SMILES string of the molecule is CCN(CC(C#N)C(F)(F)F)c1ccccc1. The van der Waals surface area contributed by atoms with Gasteiger partial charge >= 0.3 is 6.18 Å². The molecule has 1 atom stereocenters. The molecule has 0 radical (unpaired) electrons. The van der Waals surface area contributed by atoms with Crippen molar-refractivity contribution < 1.29 is 13.2 Å². The molecule has 0 heterocycles. The summed E-state index contributed by atoms with van der Waals surface area (Å²) in [5.41, 5.74) is 0.694. The summed E-state index contributed by atoms with van der Waals surface area (Å²) >= 11 is 0. The minimum Gasteiger partial charge on any atom is -0.370 e. The second kappa shape index (κ2) is 5.58. The van der Waals surface area contributed by atoms with Crippen LogP contribution in [0.3, 0.4) is 0 Å². The lowest BCUT2D eigenvalue weighted by molar-refractivity contribution is -0.156. The van der Waals surface area contributed by atoms with Crippen LogP contribution in [0.1, 0.15) is 6.92 Å². The van der Waals surface area contributed by atoms with E-state index in [0.29, 0.717) is 12.2 Å². The van der Waals surface area contributed by atoms with E-state index in [9.17, 15) is 13.2 Å². The fourth-order valence-electron chi connectivity index (χ4n) is 1.49. The molecule has 0 fully saturated rings. The van der Waals surface area contributed by atoms with Crippen LogP contribution in [-0.2, 0) is 0 Å². The first kappa shape index (κ1) is 13.4. The Morgan fingerprint density at radius 3 is 2.29 bits per heavy atom. The van der Waals surface area contributed by atoms with Gasteiger partial charge < -0.3 is 4.90 Å². The molecular weight excluding hydrogens is 229 g/mol. The Hall–Kier alpha value is -1.70. The first-order chi connectivity index (χ1) is 7.99. The molecule has 2 nitrogen and oxygen atoms in total. The Kier molecular flexibility index (Phi) is 4.38. The average molecular weight is 242 g/mol. The zero-order valence-electron chi connectivity index (χ0n) is 9.41. The highest BCUT2D eigenvalue weighted by Crippen LogP contribution is 2.27. The van der Waals surface area contributed by atoms with Crippen LogP contribution in [0.15, 0.2) is 30.3 Å². The first-order valence-electron chi connectivity index (χ1n) is 5.25. The highest BCUT2D eigenvalue weighted by atomic mass is 19.4. The highest BCUT2D eigenvalue weighted by Gasteiger charge is 2.40. The van der Waals surface area contributed by atoms with Crippen molar-refractivity contribution in [1.82, 2.24) is 0 Å². The standard InChI is InChI=1S/C12H13F3N2/c1-2-17(11-6-4-3-5-7-11)9-10(8-16)12(13,14)15/h3-7,10H,2,9H2,1H3. The van der Waals surface area contributed by atoms with Crippen molar-refractivity contribution in [3.05, 3.63) is 30.3 Å². The number of hydrogen-bond acceptors (Lipinski definition) is 2. The summed E-state index contributed by atoms with van der Waals surface area (Å²) in [4.78, 5) is 1.54. The van der Waals surface area contributed by atoms with Crippen molar-refractivity contribution >= 4 is 5.69 Å². The quantitative estimate of drug-likeness (QED) is 0.810. The second-order valence-electron chi connectivity index (χ2n) is 3.60. The van der Waals surface area contributed by atoms with Crippen LogP contribution >= 0.6 is 0 Å². The molecule has 0 saturated carbocycles. The third kappa shape index (κ3) is 3.66. The molecule has 0 aliphatic carbocycles. The lowest BCUT2D eigenvalue weighted by Gasteiger charge is -2.26. The van der Waals surface area contributed by atoms with Crippen LogP contribution in [0.5, 0.6) is 0 Å². The predicted octanol–water partition coefficient (Wildman–Crippen LogP) is 3.21. The lowest BCUT2D eigenvalue weighted by atomic mass is 10.1. The second-order valence-corrected chi connectivity index (χ2v) is 3.60. The summed E-state index contributed by atoms with van der Waals surface area (Å²) in [6.07, 6.45) is -4.48. The normalized spacial score (nSPS) is 12.9. The smallest absolute Gasteiger partial charge is 0.370 e. The fourth-order valence-corrected chi connectivity index (χ4v) is 1.49. The summed E-state index contributed by atoms with van der Waals surface area (Å²) in [5.74, 6) is -1.96. The number of para-hydroxylation sites is 1. The number of nitrogens with zero attached hydrogens (tertiary/aromatic N) is 2. The molecule has 17 heavy (non-hydrogen) atoms. The van der Waals surface area contributed by atoms with E-state index in [1.165, 1.54) is 6.07 Å². The Bertz CT molecular complexity index is 381. The molecule has 1 aromatic rings. The Morgan fingerprint density at radius 1 is 1.29 bits per heavy atom. The van der Waals surface area contributed by atoms with E-state index in [2.05, 4.69) is 0 Å². The molecule has 5 heteroatoms. The number of nitriles is 1. The van der Waals surface area contributed by atoms with Crippen molar-refractivity contribution in [3.63, 3.8) is 0 Å². The number of anilines is 1. The molecule has 0 saturated heterocycles. The van der Waals surface area contributed by atoms with Crippen molar-refractivity contribution in [1.29, 1.82) is 5.26 Å². The van der Waals surface area contributed by atoms with Crippen LogP contribution in [0.4, 0.5) is 18.9 Å². The van der Waals surface area contributed by atoms with Gasteiger partial charge in [-0.1, -0.05) is 18.2 Å². The van der Waals surface area contributed by atoms with Gasteiger partial charge in [0, 0.05) is 18.8 Å². The maximum Gasteiger partial charge on any atom is 0.406 e. The van der Waals surface area contributed by atoms with E-state index in [0.717, 1.165) is 0 Å². The molecule has 0 N–H and O–H groups in total. The van der Waals surface area contributed by atoms with Gasteiger partial charge in [0.2, 0.25) is 0 Å². The van der Waals surface area contributed by atoms with Crippen LogP contribution in [0.25, 0.3) is 0 Å². The zero-order valence-corrected chi connectivity index (χ0v) is 9.41. The van der Waals surface area contributed by atoms with E-state index in [1.54, 1.807) is 42.2 Å². The van der Waals surface area contributed by atoms with Crippen molar-refractivity contribution in [2.45, 2.75) is 13.1 Å². The summed E-state index contributed by atoms with van der Waals surface area (Å²) in [7, 11) is 0. The van der Waals surface area contributed by atoms with Gasteiger partial charge in [-0.2, -0.15) is 18.4 Å². The van der Waals surface area contributed by atoms with E-state index in [1.807, 2.05) is 0 Å². The minimum atomic E-state index is -4.48. The van der Waals surface area contributed by atoms with Gasteiger partial charge in [0.15, 0.2) is 5.92 Å². The third-order valence-electron chi connectivity index (χ3n) is 2.46. The molecule has 92 valence electrons. The Morgan fingerprint density at radius 2 is 1.88 bits per heavy atom. The van der Waals surface area contributed by atoms with Gasteiger partial charge in [-0.3, -0.25) is 0 Å². The van der Waals surface area contributed by atoms with Gasteiger partial charge in [-0.25, -0.2) is 0 Å². The molecule has 0 spiro atoms. The van der Waals surface area contributed by atoms with Crippen molar-refractivity contribution in [2.24, 2.45) is 5.92 Å². The molecule has 0 bridgehead atoms. The number of halogens is 3. The molecule has 0 aliphatic rings. The van der Waals surface area contributed by atoms with Gasteiger partial charge in [0.1, 0.15) is 0 Å². The van der Waals surface area contributed by atoms with Crippen LogP contribution in [-0.4, -0.2) is 19.3 Å². The molecule has 1 aromatic carbocycles. The molecule has 0 aromatic heterocycles. The topological polar surface area (TPSA) is 27.0 Å². The Balaban J connectivity index is 2.81. The largest absolute Gasteiger partial charge is 0.406 e. The lowest BCUT2D eigenvalue weighted by Crippen LogP contribution is -2.36. The van der Waals surface area contributed by atoms with E-state index >= 15 is 0 Å². The van der Waals surface area contributed by atoms with Gasteiger partial charge in [0.25, 0.3) is 0 Å². The molecular formula is C12H13F3N2. The maximum atomic E-state index is 12.5. The van der Waals surface area contributed by atoms with Crippen LogP contribution < -0.4 is 4.90 Å². The average Bonchev–Trinajstić information content (AvgIpc) is 2.30. The zero-order chi connectivity index (χ0) is 12.9. The van der Waals surface area contributed by atoms with Gasteiger partial charge in [-0.15, -0.1) is 0 Å². The summed E-state index contributed by atoms with van der Waals surface area (Å²) in [6, 6.07) is 10.1. The van der Waals surface area contributed by atoms with Gasteiger partial charge in [-0.05, 0) is 19.1 Å². The number of alkyl halides is 3. The molecule has 1 unspecified atom stereocenters. The molecule has 0 aliphatic heterocycles. The summed E-state index contributed by atoms with van der Waals surface area (Å²) < 4.78 is 37.5. The number of benzene rings is 1. The van der Waals surface area contributed by atoms with Crippen molar-refractivity contribution in [2.75, 3.05) is 18.0 Å². The van der Waals surface area contributed by atoms with Gasteiger partial charge in [0.05, 0.1) is 6.07 Å². The molecule has 0 amide bonds. The van der Waals surface area contributed by atoms with Crippen LogP contribution in [0.2, 0.25) is 0 Å². The predicted molar refractivity (Wildman–Crippen MR) is 59.5 cm³/mol. The third-order valence-corrected chi connectivity index (χ3v) is 2.46. The fraction of sp³-hybridized carbons (Fsp3) is 0.417. The Labute approximate surface area is 98.3 Å². The number of rotatable bonds is 4. The monoisotopic (exact) mass is 242 g/mol. The number of hydrogen-bond donors (Lipinski definition) is 0. The minimum absolute atomic E-state index is 0.333. The van der Waals surface area contributed by atoms with E-state index in [-0.39, 0.29) is 6.54 Å². The first-order valence-corrected chi connectivity index (χ1v) is 5.25. The van der Waals surface area contributed by atoms with E-state index < -0.39 is 12.1 Å². The maximum absolute atomic E-state index is 12.5. The van der Waals surface area contributed by atoms with Crippen molar-refractivity contribution in [3.8, 4) is 6.07 Å². The van der Waals surface area contributed by atoms with E-state index in [4.69, 9.17) is 5.26 Å². The van der Waals surface area contributed by atoms with Crippen LogP contribution in [0, 0.1) is 17.2 Å². The highest BCUT2D eigenvalue weighted by molar-refractivity contribution is 5.46. The summed E-state index contributed by atoms with van der Waals surface area (Å²) in [6.45, 7) is 1.86. The summed E-state index contributed by atoms with van der Waals surface area (Å²) in [5, 5.41) is 8.56. The molecule has 1 rings (SSSR count).